The highest BCUT2D eigenvalue weighted by molar-refractivity contribution is 9.10. The number of aliphatic hydroxyl groups is 1. The van der Waals surface area contributed by atoms with Gasteiger partial charge in [-0.2, -0.15) is 0 Å². The molecule has 1 heterocycles. The van der Waals surface area contributed by atoms with Crippen molar-refractivity contribution in [3.05, 3.63) is 22.2 Å². The van der Waals surface area contributed by atoms with Gasteiger partial charge in [-0.25, -0.2) is 9.97 Å². The van der Waals surface area contributed by atoms with Crippen molar-refractivity contribution in [1.82, 2.24) is 9.97 Å². The maximum atomic E-state index is 10.8. The fraction of sp³-hybridized carbons (Fsp3) is 0.750. The second-order valence-corrected chi connectivity index (χ2v) is 13.9. The molecule has 0 unspecified atom stereocenters. The Kier molecular flexibility index (Phi) is 4.40. The van der Waals surface area contributed by atoms with Gasteiger partial charge in [0, 0.05) is 19.0 Å². The summed E-state index contributed by atoms with van der Waals surface area (Å²) in [7, 11) is -1.85. The summed E-state index contributed by atoms with van der Waals surface area (Å²) >= 11 is 3.39. The van der Waals surface area contributed by atoms with Crippen molar-refractivity contribution >= 4 is 24.2 Å². The van der Waals surface area contributed by atoms with E-state index in [1.54, 1.807) is 6.20 Å². The van der Waals surface area contributed by atoms with E-state index in [4.69, 9.17) is 4.43 Å². The first-order valence-corrected chi connectivity index (χ1v) is 11.4. The third kappa shape index (κ3) is 3.30. The van der Waals surface area contributed by atoms with Crippen molar-refractivity contribution in [1.29, 1.82) is 0 Å². The summed E-state index contributed by atoms with van der Waals surface area (Å²) in [5.74, 6) is 0.504. The van der Waals surface area contributed by atoms with Crippen LogP contribution in [0.3, 0.4) is 0 Å². The molecule has 0 bridgehead atoms. The van der Waals surface area contributed by atoms with E-state index in [9.17, 15) is 5.11 Å². The molecular weight excluding hydrogens is 360 g/mol. The van der Waals surface area contributed by atoms with Crippen LogP contribution in [0.5, 0.6) is 0 Å². The molecule has 0 radical (unpaired) electrons. The SMILES string of the molecule is Cc1nc(C2(O)CC(C)(O[Si](C)(C)C(C)(C)C)C2)ncc1Br. The van der Waals surface area contributed by atoms with Gasteiger partial charge in [0.25, 0.3) is 0 Å². The van der Waals surface area contributed by atoms with Gasteiger partial charge >= 0.3 is 0 Å². The third-order valence-electron chi connectivity index (χ3n) is 4.98. The monoisotopic (exact) mass is 386 g/mol. The molecule has 1 aliphatic rings. The fourth-order valence-corrected chi connectivity index (χ4v) is 4.73. The lowest BCUT2D eigenvalue weighted by Gasteiger charge is -2.55. The summed E-state index contributed by atoms with van der Waals surface area (Å²) in [6.45, 7) is 15.2. The predicted octanol–water partition coefficient (Wildman–Crippen LogP) is 4.31. The summed E-state index contributed by atoms with van der Waals surface area (Å²) in [6, 6.07) is 0. The van der Waals surface area contributed by atoms with Gasteiger partial charge in [0.2, 0.25) is 0 Å². The van der Waals surface area contributed by atoms with Crippen molar-refractivity contribution in [3.63, 3.8) is 0 Å². The van der Waals surface area contributed by atoms with Crippen LogP contribution in [0.2, 0.25) is 18.1 Å². The van der Waals surface area contributed by atoms with Crippen LogP contribution in [-0.2, 0) is 10.0 Å². The Balaban J connectivity index is 2.14. The molecule has 0 aromatic carbocycles. The van der Waals surface area contributed by atoms with Gasteiger partial charge in [-0.05, 0) is 47.9 Å². The van der Waals surface area contributed by atoms with Crippen molar-refractivity contribution < 1.29 is 9.53 Å². The minimum absolute atomic E-state index is 0.161. The summed E-state index contributed by atoms with van der Waals surface area (Å²) in [4.78, 5) is 8.72. The minimum atomic E-state index is -1.85. The van der Waals surface area contributed by atoms with Crippen molar-refractivity contribution in [3.8, 4) is 0 Å². The van der Waals surface area contributed by atoms with Crippen LogP contribution < -0.4 is 0 Å². The molecule has 1 fully saturated rings. The largest absolute Gasteiger partial charge is 0.411 e. The molecule has 0 amide bonds. The molecule has 0 spiro atoms. The highest BCUT2D eigenvalue weighted by atomic mass is 79.9. The topological polar surface area (TPSA) is 55.2 Å². The van der Waals surface area contributed by atoms with E-state index in [1.807, 2.05) is 6.92 Å². The number of rotatable bonds is 3. The molecule has 0 atom stereocenters. The highest BCUT2D eigenvalue weighted by Gasteiger charge is 2.57. The Morgan fingerprint density at radius 1 is 1.32 bits per heavy atom. The van der Waals surface area contributed by atoms with Crippen LogP contribution in [0.25, 0.3) is 0 Å². The Labute approximate surface area is 143 Å². The Bertz CT molecular complexity index is 578. The maximum absolute atomic E-state index is 10.8. The lowest BCUT2D eigenvalue weighted by atomic mass is 9.68. The number of nitrogens with zero attached hydrogens (tertiary/aromatic N) is 2. The van der Waals surface area contributed by atoms with Crippen molar-refractivity contribution in [2.24, 2.45) is 0 Å². The van der Waals surface area contributed by atoms with E-state index >= 15 is 0 Å². The number of aromatic nitrogens is 2. The standard InChI is InChI=1S/C16H27BrN2O2Si/c1-11-12(17)8-18-13(19-11)16(20)9-15(5,10-16)21-22(6,7)14(2,3)4/h8,20H,9-10H2,1-7H3. The molecule has 124 valence electrons. The maximum Gasteiger partial charge on any atom is 0.192 e. The fourth-order valence-electron chi connectivity index (χ4n) is 2.86. The molecule has 0 saturated heterocycles. The van der Waals surface area contributed by atoms with Gasteiger partial charge in [0.1, 0.15) is 5.60 Å². The van der Waals surface area contributed by atoms with Crippen LogP contribution in [0.1, 0.15) is 52.1 Å². The number of halogens is 1. The van der Waals surface area contributed by atoms with Crippen LogP contribution in [0.15, 0.2) is 10.7 Å². The average Bonchev–Trinajstić information content (AvgIpc) is 2.28. The van der Waals surface area contributed by atoms with E-state index in [0.29, 0.717) is 18.7 Å². The van der Waals surface area contributed by atoms with Crippen molar-refractivity contribution in [2.45, 2.75) is 76.8 Å². The zero-order valence-electron chi connectivity index (χ0n) is 14.6. The molecule has 2 rings (SSSR count). The number of hydrogen-bond donors (Lipinski definition) is 1. The zero-order valence-corrected chi connectivity index (χ0v) is 17.2. The lowest BCUT2D eigenvalue weighted by Crippen LogP contribution is -2.60. The zero-order chi connectivity index (χ0) is 17.0. The van der Waals surface area contributed by atoms with Crippen LogP contribution in [-0.4, -0.2) is 29.0 Å². The molecule has 1 aromatic rings. The minimum Gasteiger partial charge on any atom is -0.411 e. The van der Waals surface area contributed by atoms with Gasteiger partial charge in [-0.1, -0.05) is 20.8 Å². The van der Waals surface area contributed by atoms with Crippen LogP contribution in [0.4, 0.5) is 0 Å². The third-order valence-corrected chi connectivity index (χ3v) is 10.4. The van der Waals surface area contributed by atoms with Gasteiger partial charge in [-0.3, -0.25) is 0 Å². The number of hydrogen-bond acceptors (Lipinski definition) is 4. The first kappa shape index (κ1) is 18.0. The van der Waals surface area contributed by atoms with Crippen LogP contribution >= 0.6 is 15.9 Å². The quantitative estimate of drug-likeness (QED) is 0.786. The average molecular weight is 387 g/mol. The highest BCUT2D eigenvalue weighted by Crippen LogP contribution is 2.52. The first-order valence-electron chi connectivity index (χ1n) is 7.70. The van der Waals surface area contributed by atoms with E-state index in [-0.39, 0.29) is 10.6 Å². The first-order chi connectivity index (χ1) is 9.78. The van der Waals surface area contributed by atoms with Gasteiger partial charge < -0.3 is 9.53 Å². The Morgan fingerprint density at radius 3 is 2.32 bits per heavy atom. The summed E-state index contributed by atoms with van der Waals surface area (Å²) in [5.41, 5.74) is -0.414. The predicted molar refractivity (Wildman–Crippen MR) is 94.3 cm³/mol. The molecule has 1 aliphatic carbocycles. The molecular formula is C16H27BrN2O2Si. The van der Waals surface area contributed by atoms with Crippen molar-refractivity contribution in [2.75, 3.05) is 0 Å². The molecule has 6 heteroatoms. The normalized spacial score (nSPS) is 29.3. The van der Waals surface area contributed by atoms with Gasteiger partial charge in [-0.15, -0.1) is 0 Å². The van der Waals surface area contributed by atoms with Gasteiger partial charge in [0.15, 0.2) is 14.1 Å². The molecule has 1 aromatic heterocycles. The smallest absolute Gasteiger partial charge is 0.192 e. The molecule has 4 nitrogen and oxygen atoms in total. The summed E-state index contributed by atoms with van der Waals surface area (Å²) in [6.07, 6.45) is 2.81. The number of aryl methyl sites for hydroxylation is 1. The molecule has 0 aliphatic heterocycles. The second kappa shape index (κ2) is 5.36. The Hall–Kier alpha value is -0.303. The second-order valence-electron chi connectivity index (χ2n) is 8.32. The summed E-state index contributed by atoms with van der Waals surface area (Å²) in [5, 5.41) is 11.0. The van der Waals surface area contributed by atoms with Gasteiger partial charge in [0.05, 0.1) is 15.8 Å². The van der Waals surface area contributed by atoms with E-state index in [0.717, 1.165) is 10.2 Å². The van der Waals surface area contributed by atoms with E-state index < -0.39 is 13.9 Å². The van der Waals surface area contributed by atoms with E-state index in [2.05, 4.69) is 66.7 Å². The Morgan fingerprint density at radius 2 is 1.86 bits per heavy atom. The van der Waals surface area contributed by atoms with E-state index in [1.165, 1.54) is 0 Å². The molecule has 1 saturated carbocycles. The molecule has 22 heavy (non-hydrogen) atoms. The lowest BCUT2D eigenvalue weighted by molar-refractivity contribution is -0.172. The molecule has 1 N–H and O–H groups in total. The summed E-state index contributed by atoms with van der Waals surface area (Å²) < 4.78 is 7.37. The van der Waals surface area contributed by atoms with Crippen LogP contribution in [0, 0.1) is 6.92 Å².